The Morgan fingerprint density at radius 1 is 0.727 bits per heavy atom. The third kappa shape index (κ3) is 5.85. The van der Waals surface area contributed by atoms with Gasteiger partial charge in [0.1, 0.15) is 6.61 Å². The zero-order chi connectivity index (χ0) is 31.2. The molecule has 1 aliphatic heterocycles. The largest absolute Gasteiger partial charge is 0.493 e. The highest BCUT2D eigenvalue weighted by atomic mass is 16.5. The number of carbonyl (C=O) groups excluding carboxylic acids is 2. The first-order valence-electron chi connectivity index (χ1n) is 15.6. The molecule has 3 aromatic rings. The van der Waals surface area contributed by atoms with Crippen LogP contribution in [0.5, 0.6) is 11.5 Å². The molecule has 6 rings (SSSR count). The number of methoxy groups -OCH3 is 1. The first kappa shape index (κ1) is 29.9. The summed E-state index contributed by atoms with van der Waals surface area (Å²) in [5.41, 5.74) is 7.63. The number of carbonyl (C=O) groups is 2. The second kappa shape index (κ2) is 11.4. The second-order valence-corrected chi connectivity index (χ2v) is 14.3. The van der Waals surface area contributed by atoms with Crippen molar-refractivity contribution in [3.8, 4) is 11.5 Å². The summed E-state index contributed by atoms with van der Waals surface area (Å²) in [7, 11) is 1.64. The molecule has 5 nitrogen and oxygen atoms in total. The number of benzene rings is 3. The molecule has 3 aromatic carbocycles. The lowest BCUT2D eigenvalue weighted by Gasteiger charge is -2.49. The van der Waals surface area contributed by atoms with E-state index in [9.17, 15) is 9.59 Å². The molecule has 0 atom stereocenters. The predicted octanol–water partition coefficient (Wildman–Crippen LogP) is 8.47. The molecule has 5 heteroatoms. The number of ether oxygens (including phenoxy) is 2. The molecule has 0 N–H and O–H groups in total. The summed E-state index contributed by atoms with van der Waals surface area (Å²) >= 11 is 0. The van der Waals surface area contributed by atoms with Crippen molar-refractivity contribution in [3.05, 3.63) is 118 Å². The molecule has 0 bridgehead atoms. The molecule has 228 valence electrons. The van der Waals surface area contributed by atoms with E-state index in [-0.39, 0.29) is 22.4 Å². The number of Topliss-reactive ketones (excluding diaryl/α,β-unsaturated/α-hetero) is 2. The molecule has 44 heavy (non-hydrogen) atoms. The van der Waals surface area contributed by atoms with Gasteiger partial charge in [-0.05, 0) is 59.4 Å². The zero-order valence-corrected chi connectivity index (χ0v) is 26.8. The summed E-state index contributed by atoms with van der Waals surface area (Å²) < 4.78 is 12.0. The van der Waals surface area contributed by atoms with Crippen LogP contribution in [0.15, 0.2) is 95.3 Å². The highest BCUT2D eigenvalue weighted by Crippen LogP contribution is 2.55. The smallest absolute Gasteiger partial charge is 0.162 e. The molecule has 0 unspecified atom stereocenters. The number of aryl methyl sites for hydroxylation is 1. The van der Waals surface area contributed by atoms with Gasteiger partial charge in [0.2, 0.25) is 0 Å². The maximum Gasteiger partial charge on any atom is 0.162 e. The lowest BCUT2D eigenvalue weighted by Crippen LogP contribution is -2.44. The SMILES string of the molecule is COc1cc(C2C3=C(CC(C)(C)CC3=O)N(Cc3ccccc3)C3=C2C(=O)CC(C)(C)C3)ccc1OCc1ccc(C)cc1. The first-order chi connectivity index (χ1) is 20.9. The van der Waals surface area contributed by atoms with E-state index in [2.05, 4.69) is 75.9 Å². The van der Waals surface area contributed by atoms with Crippen LogP contribution in [0, 0.1) is 17.8 Å². The number of hydrogen-bond donors (Lipinski definition) is 0. The number of allylic oxidation sites excluding steroid dienone is 4. The summed E-state index contributed by atoms with van der Waals surface area (Å²) in [4.78, 5) is 30.7. The van der Waals surface area contributed by atoms with Gasteiger partial charge in [-0.25, -0.2) is 0 Å². The van der Waals surface area contributed by atoms with Crippen molar-refractivity contribution < 1.29 is 19.1 Å². The average Bonchev–Trinajstić information content (AvgIpc) is 2.97. The van der Waals surface area contributed by atoms with Gasteiger partial charge >= 0.3 is 0 Å². The van der Waals surface area contributed by atoms with Crippen molar-refractivity contribution in [2.24, 2.45) is 10.8 Å². The van der Waals surface area contributed by atoms with Gasteiger partial charge in [0, 0.05) is 47.8 Å². The molecule has 0 fully saturated rings. The van der Waals surface area contributed by atoms with Crippen molar-refractivity contribution in [2.45, 2.75) is 79.4 Å². The Morgan fingerprint density at radius 2 is 1.32 bits per heavy atom. The van der Waals surface area contributed by atoms with Crippen LogP contribution in [0.3, 0.4) is 0 Å². The minimum absolute atomic E-state index is 0.127. The van der Waals surface area contributed by atoms with Gasteiger partial charge in [0.05, 0.1) is 7.11 Å². The standard InChI is InChI=1S/C39H43NO4/c1-25-12-14-27(15-13-25)24-44-33-17-16-28(18-34(33)43-6)35-36-29(19-38(2,3)21-31(36)41)40(23-26-10-8-7-9-11-26)30-20-39(4,5)22-32(42)37(30)35/h7-18,35H,19-24H2,1-6H3. The van der Waals surface area contributed by atoms with Crippen molar-refractivity contribution in [2.75, 3.05) is 7.11 Å². The number of hydrogen-bond acceptors (Lipinski definition) is 5. The van der Waals surface area contributed by atoms with Gasteiger partial charge < -0.3 is 14.4 Å². The van der Waals surface area contributed by atoms with Crippen LogP contribution in [0.4, 0.5) is 0 Å². The van der Waals surface area contributed by atoms with Crippen LogP contribution >= 0.6 is 0 Å². The third-order valence-electron chi connectivity index (χ3n) is 9.24. The maximum atomic E-state index is 14.2. The van der Waals surface area contributed by atoms with Gasteiger partial charge in [0.25, 0.3) is 0 Å². The van der Waals surface area contributed by atoms with E-state index in [1.54, 1.807) is 7.11 Å². The quantitative estimate of drug-likeness (QED) is 0.277. The fraction of sp³-hybridized carbons (Fsp3) is 0.385. The fourth-order valence-electron chi connectivity index (χ4n) is 7.17. The zero-order valence-electron chi connectivity index (χ0n) is 26.8. The maximum absolute atomic E-state index is 14.2. The molecule has 0 radical (unpaired) electrons. The van der Waals surface area contributed by atoms with Gasteiger partial charge in [-0.3, -0.25) is 9.59 Å². The van der Waals surface area contributed by atoms with E-state index < -0.39 is 5.92 Å². The molecule has 2 aliphatic carbocycles. The lowest BCUT2D eigenvalue weighted by molar-refractivity contribution is -0.119. The van der Waals surface area contributed by atoms with E-state index in [0.29, 0.717) is 37.5 Å². The summed E-state index contributed by atoms with van der Waals surface area (Å²) in [5, 5.41) is 0. The third-order valence-corrected chi connectivity index (χ3v) is 9.24. The fourth-order valence-corrected chi connectivity index (χ4v) is 7.17. The predicted molar refractivity (Wildman–Crippen MR) is 173 cm³/mol. The Labute approximate surface area is 261 Å². The monoisotopic (exact) mass is 589 g/mol. The van der Waals surface area contributed by atoms with Crippen LogP contribution in [0.25, 0.3) is 0 Å². The van der Waals surface area contributed by atoms with Crippen LogP contribution < -0.4 is 9.47 Å². The van der Waals surface area contributed by atoms with Crippen molar-refractivity contribution >= 4 is 11.6 Å². The highest BCUT2D eigenvalue weighted by molar-refractivity contribution is 6.06. The Balaban J connectivity index is 1.47. The average molecular weight is 590 g/mol. The van der Waals surface area contributed by atoms with E-state index in [1.165, 1.54) is 5.56 Å². The first-order valence-corrected chi connectivity index (χ1v) is 15.6. The van der Waals surface area contributed by atoms with E-state index in [4.69, 9.17) is 9.47 Å². The summed E-state index contributed by atoms with van der Waals surface area (Å²) in [6, 6.07) is 24.5. The van der Waals surface area contributed by atoms with Crippen molar-refractivity contribution in [1.29, 1.82) is 0 Å². The van der Waals surface area contributed by atoms with Crippen molar-refractivity contribution in [3.63, 3.8) is 0 Å². The van der Waals surface area contributed by atoms with E-state index in [1.807, 2.05) is 36.4 Å². The second-order valence-electron chi connectivity index (χ2n) is 14.3. The van der Waals surface area contributed by atoms with Crippen LogP contribution in [-0.4, -0.2) is 23.6 Å². The minimum Gasteiger partial charge on any atom is -0.493 e. The number of nitrogens with zero attached hydrogens (tertiary/aromatic N) is 1. The van der Waals surface area contributed by atoms with Gasteiger partial charge in [-0.15, -0.1) is 0 Å². The van der Waals surface area contributed by atoms with Crippen LogP contribution in [-0.2, 0) is 22.7 Å². The van der Waals surface area contributed by atoms with Gasteiger partial charge in [-0.1, -0.05) is 93.9 Å². The normalized spacial score (nSPS) is 19.5. The molecule has 0 aromatic heterocycles. The molecule has 1 heterocycles. The summed E-state index contributed by atoms with van der Waals surface area (Å²) in [6.45, 7) is 11.8. The molecule has 3 aliphatic rings. The van der Waals surface area contributed by atoms with Crippen molar-refractivity contribution in [1.82, 2.24) is 4.90 Å². The summed E-state index contributed by atoms with van der Waals surface area (Å²) in [5.74, 6) is 1.05. The molecule has 0 amide bonds. The Morgan fingerprint density at radius 3 is 1.89 bits per heavy atom. The topological polar surface area (TPSA) is 55.8 Å². The number of ketones is 2. The molecule has 0 saturated carbocycles. The molecular formula is C39H43NO4. The Kier molecular flexibility index (Phi) is 7.77. The minimum atomic E-state index is -0.431. The van der Waals surface area contributed by atoms with E-state index in [0.717, 1.165) is 52.1 Å². The Bertz CT molecular complexity index is 1610. The van der Waals surface area contributed by atoms with Crippen LogP contribution in [0.1, 0.15) is 81.5 Å². The van der Waals surface area contributed by atoms with Gasteiger partial charge in [-0.2, -0.15) is 0 Å². The molecule has 0 saturated heterocycles. The molecule has 0 spiro atoms. The molecular weight excluding hydrogens is 546 g/mol. The lowest BCUT2D eigenvalue weighted by atomic mass is 9.63. The summed E-state index contributed by atoms with van der Waals surface area (Å²) in [6.07, 6.45) is 2.47. The van der Waals surface area contributed by atoms with E-state index >= 15 is 0 Å². The van der Waals surface area contributed by atoms with Gasteiger partial charge in [0.15, 0.2) is 23.1 Å². The highest BCUT2D eigenvalue weighted by Gasteiger charge is 2.49. The number of rotatable bonds is 7. The Hall–Kier alpha value is -4.12. The van der Waals surface area contributed by atoms with Crippen LogP contribution in [0.2, 0.25) is 0 Å².